The maximum atomic E-state index is 12.5. The number of rotatable bonds is 6. The van der Waals surface area contributed by atoms with Gasteiger partial charge in [-0.05, 0) is 56.2 Å². The van der Waals surface area contributed by atoms with Crippen molar-refractivity contribution in [3.63, 3.8) is 0 Å². The molecule has 1 unspecified atom stereocenters. The molecule has 2 aromatic rings. The number of carbonyl (C=O) groups is 1. The van der Waals surface area contributed by atoms with E-state index in [1.807, 2.05) is 62.4 Å². The van der Waals surface area contributed by atoms with E-state index in [-0.39, 0.29) is 18.4 Å². The van der Waals surface area contributed by atoms with Gasteiger partial charge in [-0.3, -0.25) is 4.99 Å². The molecule has 0 amide bonds. The summed E-state index contributed by atoms with van der Waals surface area (Å²) < 4.78 is 11.2. The number of nitrogens with one attached hydrogen (secondary N) is 1. The molecule has 1 aliphatic heterocycles. The van der Waals surface area contributed by atoms with Crippen molar-refractivity contribution in [3.8, 4) is 5.75 Å². The van der Waals surface area contributed by atoms with Crippen LogP contribution in [0.1, 0.15) is 37.9 Å². The second-order valence-corrected chi connectivity index (χ2v) is 6.93. The van der Waals surface area contributed by atoms with E-state index in [1.54, 1.807) is 6.92 Å². The van der Waals surface area contributed by atoms with Crippen molar-refractivity contribution in [3.05, 3.63) is 76.0 Å². The Morgan fingerprint density at radius 3 is 2.59 bits per heavy atom. The van der Waals surface area contributed by atoms with E-state index in [0.717, 1.165) is 22.7 Å². The molecule has 5 nitrogen and oxygen atoms in total. The molecule has 29 heavy (non-hydrogen) atoms. The summed E-state index contributed by atoms with van der Waals surface area (Å²) >= 11 is 5.92. The summed E-state index contributed by atoms with van der Waals surface area (Å²) in [6.45, 7) is 6.26. The Balaban J connectivity index is 0.00000300. The number of hydrogen-bond donors (Lipinski definition) is 1. The van der Waals surface area contributed by atoms with Crippen LogP contribution in [0.5, 0.6) is 5.75 Å². The largest absolute Gasteiger partial charge is 0.489 e. The summed E-state index contributed by atoms with van der Waals surface area (Å²) in [5, 5.41) is 3.81. The van der Waals surface area contributed by atoms with E-state index >= 15 is 0 Å². The Bertz CT molecular complexity index is 924. The Labute approximate surface area is 182 Å². The minimum Gasteiger partial charge on any atom is -0.489 e. The van der Waals surface area contributed by atoms with Crippen molar-refractivity contribution < 1.29 is 14.3 Å². The fraction of sp³-hybridized carbons (Fsp3) is 0.273. The van der Waals surface area contributed by atoms with Gasteiger partial charge >= 0.3 is 5.97 Å². The first-order valence-electron chi connectivity index (χ1n) is 9.14. The third kappa shape index (κ3) is 5.75. The number of ether oxygens (including phenoxy) is 2. The number of aliphatic imine (C=N–C) groups is 1. The van der Waals surface area contributed by atoms with Crippen LogP contribution in [0.2, 0.25) is 5.02 Å². The van der Waals surface area contributed by atoms with Crippen LogP contribution in [0.25, 0.3) is 0 Å². The summed E-state index contributed by atoms with van der Waals surface area (Å²) in [5.74, 6) is 1.10. The van der Waals surface area contributed by atoms with Crippen molar-refractivity contribution >= 4 is 35.8 Å². The van der Waals surface area contributed by atoms with Crippen LogP contribution in [-0.2, 0) is 16.1 Å². The van der Waals surface area contributed by atoms with Crippen LogP contribution < -0.4 is 10.1 Å². The normalized spacial score (nSPS) is 15.7. The standard InChI is InChI=1S/C22H23ClN2O3.ClH/c1-4-27-22(26)20-14(2)24-15(3)25-21(20)17-6-5-7-19(12-17)28-13-16-8-10-18(23)11-9-16;/h5-12,21H,4,13H2,1-3H3,(H,24,25);1H. The van der Waals surface area contributed by atoms with E-state index in [4.69, 9.17) is 21.1 Å². The zero-order chi connectivity index (χ0) is 20.1. The molecule has 7 heteroatoms. The highest BCUT2D eigenvalue weighted by atomic mass is 35.5. The molecule has 1 N–H and O–H groups in total. The molecule has 2 aromatic carbocycles. The lowest BCUT2D eigenvalue weighted by molar-refractivity contribution is -0.138. The van der Waals surface area contributed by atoms with Crippen LogP contribution in [0.3, 0.4) is 0 Å². The van der Waals surface area contributed by atoms with Crippen molar-refractivity contribution in [2.75, 3.05) is 6.61 Å². The monoisotopic (exact) mass is 434 g/mol. The predicted molar refractivity (Wildman–Crippen MR) is 118 cm³/mol. The third-order valence-corrected chi connectivity index (χ3v) is 4.61. The van der Waals surface area contributed by atoms with Crippen molar-refractivity contribution in [2.45, 2.75) is 33.4 Å². The average Bonchev–Trinajstić information content (AvgIpc) is 2.67. The van der Waals surface area contributed by atoms with Crippen LogP contribution in [0.15, 0.2) is 64.8 Å². The molecule has 0 saturated carbocycles. The maximum absolute atomic E-state index is 12.5. The first-order chi connectivity index (χ1) is 13.5. The number of esters is 1. The van der Waals surface area contributed by atoms with Crippen LogP contribution in [-0.4, -0.2) is 18.4 Å². The van der Waals surface area contributed by atoms with Gasteiger partial charge in [-0.1, -0.05) is 35.9 Å². The third-order valence-electron chi connectivity index (χ3n) is 4.36. The summed E-state index contributed by atoms with van der Waals surface area (Å²) in [5.41, 5.74) is 3.16. The molecule has 0 fully saturated rings. The molecule has 0 saturated heterocycles. The minimum atomic E-state index is -0.431. The van der Waals surface area contributed by atoms with E-state index in [9.17, 15) is 4.79 Å². The molecule has 0 radical (unpaired) electrons. The second kappa shape index (κ2) is 10.3. The number of amidine groups is 1. The molecule has 0 bridgehead atoms. The molecular weight excluding hydrogens is 411 g/mol. The highest BCUT2D eigenvalue weighted by Crippen LogP contribution is 2.33. The zero-order valence-corrected chi connectivity index (χ0v) is 18.1. The minimum absolute atomic E-state index is 0. The topological polar surface area (TPSA) is 59.9 Å². The highest BCUT2D eigenvalue weighted by molar-refractivity contribution is 6.30. The first kappa shape index (κ1) is 22.8. The second-order valence-electron chi connectivity index (χ2n) is 6.49. The lowest BCUT2D eigenvalue weighted by Crippen LogP contribution is -2.30. The Morgan fingerprint density at radius 1 is 1.17 bits per heavy atom. The van der Waals surface area contributed by atoms with Crippen LogP contribution in [0.4, 0.5) is 0 Å². The number of halogens is 2. The van der Waals surface area contributed by atoms with Gasteiger partial charge in [-0.2, -0.15) is 0 Å². The number of nitrogens with zero attached hydrogens (tertiary/aromatic N) is 1. The molecule has 0 aliphatic carbocycles. The van der Waals surface area contributed by atoms with Gasteiger partial charge in [-0.25, -0.2) is 4.79 Å². The van der Waals surface area contributed by atoms with Gasteiger partial charge in [-0.15, -0.1) is 12.4 Å². The average molecular weight is 435 g/mol. The van der Waals surface area contributed by atoms with E-state index in [1.165, 1.54) is 0 Å². The van der Waals surface area contributed by atoms with Gasteiger partial charge in [0.2, 0.25) is 0 Å². The molecule has 3 rings (SSSR count). The Kier molecular flexibility index (Phi) is 8.11. The predicted octanol–water partition coefficient (Wildman–Crippen LogP) is 5.24. The summed E-state index contributed by atoms with van der Waals surface area (Å²) in [4.78, 5) is 17.1. The number of allylic oxidation sites excluding steroid dienone is 1. The molecule has 1 aliphatic rings. The number of carbonyl (C=O) groups excluding carboxylic acids is 1. The van der Waals surface area contributed by atoms with E-state index in [0.29, 0.717) is 29.6 Å². The fourth-order valence-corrected chi connectivity index (χ4v) is 3.20. The summed E-state index contributed by atoms with van der Waals surface area (Å²) in [6, 6.07) is 14.7. The van der Waals surface area contributed by atoms with Gasteiger partial charge in [0.1, 0.15) is 18.4 Å². The van der Waals surface area contributed by atoms with Gasteiger partial charge in [0.05, 0.1) is 18.0 Å². The van der Waals surface area contributed by atoms with Gasteiger partial charge in [0, 0.05) is 10.7 Å². The Hall–Kier alpha value is -2.50. The molecule has 0 aromatic heterocycles. The Morgan fingerprint density at radius 2 is 1.90 bits per heavy atom. The maximum Gasteiger partial charge on any atom is 0.338 e. The molecular formula is C22H24Cl2N2O3. The molecule has 1 heterocycles. The van der Waals surface area contributed by atoms with Gasteiger partial charge < -0.3 is 14.8 Å². The van der Waals surface area contributed by atoms with Crippen molar-refractivity contribution in [1.82, 2.24) is 5.32 Å². The quantitative estimate of drug-likeness (QED) is 0.631. The smallest absolute Gasteiger partial charge is 0.338 e. The number of hydrogen-bond acceptors (Lipinski definition) is 5. The van der Waals surface area contributed by atoms with Crippen molar-refractivity contribution in [1.29, 1.82) is 0 Å². The molecule has 154 valence electrons. The van der Waals surface area contributed by atoms with Crippen LogP contribution in [0, 0.1) is 0 Å². The van der Waals surface area contributed by atoms with Crippen molar-refractivity contribution in [2.24, 2.45) is 4.99 Å². The fourth-order valence-electron chi connectivity index (χ4n) is 3.07. The summed E-state index contributed by atoms with van der Waals surface area (Å²) in [7, 11) is 0. The van der Waals surface area contributed by atoms with Crippen LogP contribution >= 0.6 is 24.0 Å². The summed E-state index contributed by atoms with van der Waals surface area (Å²) in [6.07, 6.45) is 0. The van der Waals surface area contributed by atoms with Gasteiger partial charge in [0.15, 0.2) is 0 Å². The van der Waals surface area contributed by atoms with Gasteiger partial charge in [0.25, 0.3) is 0 Å². The lowest BCUT2D eigenvalue weighted by Gasteiger charge is -2.25. The SMILES string of the molecule is CCOC(=O)C1=C(C)NC(C)=NC1c1cccc(OCc2ccc(Cl)cc2)c1.Cl. The van der Waals surface area contributed by atoms with E-state index in [2.05, 4.69) is 10.3 Å². The highest BCUT2D eigenvalue weighted by Gasteiger charge is 2.29. The first-order valence-corrected chi connectivity index (χ1v) is 9.52. The molecule has 0 spiro atoms. The zero-order valence-electron chi connectivity index (χ0n) is 16.6. The lowest BCUT2D eigenvalue weighted by atomic mass is 9.96. The number of benzene rings is 2. The molecule has 1 atom stereocenters. The van der Waals surface area contributed by atoms with E-state index < -0.39 is 6.04 Å².